The molecule has 0 unspecified atom stereocenters. The van der Waals surface area contributed by atoms with Crippen molar-refractivity contribution in [3.05, 3.63) is 41.0 Å². The first-order chi connectivity index (χ1) is 8.70. The third kappa shape index (κ3) is 2.99. The molecule has 0 aliphatic carbocycles. The lowest BCUT2D eigenvalue weighted by Crippen LogP contribution is -2.05. The van der Waals surface area contributed by atoms with Crippen molar-refractivity contribution < 1.29 is 0 Å². The van der Waals surface area contributed by atoms with Gasteiger partial charge in [0.2, 0.25) is 5.95 Å². The summed E-state index contributed by atoms with van der Waals surface area (Å²) in [5.74, 6) is 0.674. The minimum atomic E-state index is 0.674. The van der Waals surface area contributed by atoms with Crippen molar-refractivity contribution >= 4 is 17.5 Å². The van der Waals surface area contributed by atoms with Crippen LogP contribution in [-0.2, 0) is 0 Å². The standard InChI is InChI=1S/C14H16ClN3/c1-3-8-16-14-17-9-10(2)13(18-14)11-4-6-12(15)7-5-11/h4-7,9H,3,8H2,1-2H3,(H,16,17,18). The van der Waals surface area contributed by atoms with Gasteiger partial charge in [0, 0.05) is 23.3 Å². The Morgan fingerprint density at radius 1 is 1.22 bits per heavy atom. The van der Waals surface area contributed by atoms with Gasteiger partial charge in [-0.25, -0.2) is 9.97 Å². The predicted octanol–water partition coefficient (Wildman–Crippen LogP) is 3.93. The second-order valence-corrected chi connectivity index (χ2v) is 4.60. The molecular weight excluding hydrogens is 246 g/mol. The SMILES string of the molecule is CCCNc1ncc(C)c(-c2ccc(Cl)cc2)n1. The van der Waals surface area contributed by atoms with Crippen LogP contribution >= 0.6 is 11.6 Å². The highest BCUT2D eigenvalue weighted by molar-refractivity contribution is 6.30. The Kier molecular flexibility index (Phi) is 4.15. The summed E-state index contributed by atoms with van der Waals surface area (Å²) in [6, 6.07) is 7.69. The Balaban J connectivity index is 2.33. The molecule has 2 aromatic rings. The number of benzene rings is 1. The number of halogens is 1. The molecule has 0 aliphatic rings. The highest BCUT2D eigenvalue weighted by Crippen LogP contribution is 2.23. The van der Waals surface area contributed by atoms with Gasteiger partial charge in [-0.15, -0.1) is 0 Å². The van der Waals surface area contributed by atoms with Crippen LogP contribution in [0.3, 0.4) is 0 Å². The molecule has 3 nitrogen and oxygen atoms in total. The molecule has 0 spiro atoms. The molecule has 1 aromatic carbocycles. The van der Waals surface area contributed by atoms with Crippen LogP contribution < -0.4 is 5.32 Å². The van der Waals surface area contributed by atoms with Gasteiger partial charge in [0.05, 0.1) is 5.69 Å². The van der Waals surface area contributed by atoms with Gasteiger partial charge in [0.1, 0.15) is 0 Å². The molecule has 0 saturated heterocycles. The molecule has 0 radical (unpaired) electrons. The van der Waals surface area contributed by atoms with E-state index in [0.29, 0.717) is 5.95 Å². The molecule has 1 aromatic heterocycles. The third-order valence-electron chi connectivity index (χ3n) is 2.62. The van der Waals surface area contributed by atoms with E-state index >= 15 is 0 Å². The summed E-state index contributed by atoms with van der Waals surface area (Å²) >= 11 is 5.89. The lowest BCUT2D eigenvalue weighted by molar-refractivity contribution is 0.951. The van der Waals surface area contributed by atoms with Crippen molar-refractivity contribution in [3.8, 4) is 11.3 Å². The second-order valence-electron chi connectivity index (χ2n) is 4.16. The smallest absolute Gasteiger partial charge is 0.223 e. The van der Waals surface area contributed by atoms with Crippen molar-refractivity contribution in [2.45, 2.75) is 20.3 Å². The Morgan fingerprint density at radius 3 is 2.61 bits per heavy atom. The van der Waals surface area contributed by atoms with Gasteiger partial charge < -0.3 is 5.32 Å². The highest BCUT2D eigenvalue weighted by atomic mass is 35.5. The van der Waals surface area contributed by atoms with Crippen LogP contribution in [0.5, 0.6) is 0 Å². The van der Waals surface area contributed by atoms with Crippen LogP contribution in [0.4, 0.5) is 5.95 Å². The van der Waals surface area contributed by atoms with Gasteiger partial charge in [-0.05, 0) is 31.0 Å². The molecular formula is C14H16ClN3. The first-order valence-corrected chi connectivity index (χ1v) is 6.42. The molecule has 0 atom stereocenters. The number of hydrogen-bond donors (Lipinski definition) is 1. The maximum Gasteiger partial charge on any atom is 0.223 e. The quantitative estimate of drug-likeness (QED) is 0.906. The molecule has 0 fully saturated rings. The number of nitrogens with zero attached hydrogens (tertiary/aromatic N) is 2. The van der Waals surface area contributed by atoms with Crippen LogP contribution in [0, 0.1) is 6.92 Å². The van der Waals surface area contributed by atoms with E-state index in [1.165, 1.54) is 0 Å². The minimum Gasteiger partial charge on any atom is -0.354 e. The van der Waals surface area contributed by atoms with Crippen molar-refractivity contribution in [1.82, 2.24) is 9.97 Å². The van der Waals surface area contributed by atoms with E-state index in [2.05, 4.69) is 22.2 Å². The maximum atomic E-state index is 5.89. The van der Waals surface area contributed by atoms with E-state index in [4.69, 9.17) is 11.6 Å². The van der Waals surface area contributed by atoms with Gasteiger partial charge in [-0.3, -0.25) is 0 Å². The largest absolute Gasteiger partial charge is 0.354 e. The van der Waals surface area contributed by atoms with Gasteiger partial charge >= 0.3 is 0 Å². The van der Waals surface area contributed by atoms with Crippen molar-refractivity contribution in [3.63, 3.8) is 0 Å². The lowest BCUT2D eigenvalue weighted by Gasteiger charge is -2.08. The van der Waals surface area contributed by atoms with Crippen molar-refractivity contribution in [1.29, 1.82) is 0 Å². The number of nitrogens with one attached hydrogen (secondary N) is 1. The molecule has 0 aliphatic heterocycles. The third-order valence-corrected chi connectivity index (χ3v) is 2.87. The number of aromatic nitrogens is 2. The fourth-order valence-electron chi connectivity index (χ4n) is 1.66. The van der Waals surface area contributed by atoms with Crippen LogP contribution in [0.1, 0.15) is 18.9 Å². The molecule has 18 heavy (non-hydrogen) atoms. The molecule has 1 heterocycles. The molecule has 1 N–H and O–H groups in total. The second kappa shape index (κ2) is 5.83. The van der Waals surface area contributed by atoms with E-state index in [1.54, 1.807) is 0 Å². The Morgan fingerprint density at radius 2 is 1.94 bits per heavy atom. The van der Waals surface area contributed by atoms with Gasteiger partial charge in [-0.1, -0.05) is 30.7 Å². The number of aryl methyl sites for hydroxylation is 1. The first-order valence-electron chi connectivity index (χ1n) is 6.04. The normalized spacial score (nSPS) is 10.4. The van der Waals surface area contributed by atoms with Crippen molar-refractivity contribution in [2.75, 3.05) is 11.9 Å². The topological polar surface area (TPSA) is 37.8 Å². The van der Waals surface area contributed by atoms with E-state index in [-0.39, 0.29) is 0 Å². The summed E-state index contributed by atoms with van der Waals surface area (Å²) in [4.78, 5) is 8.82. The summed E-state index contributed by atoms with van der Waals surface area (Å²) in [6.45, 7) is 5.00. The monoisotopic (exact) mass is 261 g/mol. The summed E-state index contributed by atoms with van der Waals surface area (Å²) in [5, 5.41) is 3.93. The van der Waals surface area contributed by atoms with Gasteiger partial charge in [-0.2, -0.15) is 0 Å². The number of anilines is 1. The molecule has 94 valence electrons. The highest BCUT2D eigenvalue weighted by Gasteiger charge is 2.06. The molecule has 0 amide bonds. The minimum absolute atomic E-state index is 0.674. The van der Waals surface area contributed by atoms with E-state index < -0.39 is 0 Å². The van der Waals surface area contributed by atoms with Crippen LogP contribution in [0.15, 0.2) is 30.5 Å². The van der Waals surface area contributed by atoms with E-state index in [9.17, 15) is 0 Å². The summed E-state index contributed by atoms with van der Waals surface area (Å²) in [5.41, 5.74) is 3.05. The predicted molar refractivity (Wildman–Crippen MR) is 76.0 cm³/mol. The molecule has 0 saturated carbocycles. The summed E-state index contributed by atoms with van der Waals surface area (Å²) in [7, 11) is 0. The fourth-order valence-corrected chi connectivity index (χ4v) is 1.79. The number of rotatable bonds is 4. The first kappa shape index (κ1) is 12.8. The average molecular weight is 262 g/mol. The van der Waals surface area contributed by atoms with Crippen LogP contribution in [0.25, 0.3) is 11.3 Å². The van der Waals surface area contributed by atoms with Gasteiger partial charge in [0.15, 0.2) is 0 Å². The zero-order valence-corrected chi connectivity index (χ0v) is 11.3. The molecule has 4 heteroatoms. The van der Waals surface area contributed by atoms with Crippen LogP contribution in [-0.4, -0.2) is 16.5 Å². The lowest BCUT2D eigenvalue weighted by atomic mass is 10.1. The number of hydrogen-bond acceptors (Lipinski definition) is 3. The molecule has 0 bridgehead atoms. The zero-order chi connectivity index (χ0) is 13.0. The average Bonchev–Trinajstić information content (AvgIpc) is 2.39. The summed E-state index contributed by atoms with van der Waals surface area (Å²) < 4.78 is 0. The zero-order valence-electron chi connectivity index (χ0n) is 10.6. The van der Waals surface area contributed by atoms with E-state index in [1.807, 2.05) is 37.4 Å². The Bertz CT molecular complexity index is 523. The maximum absolute atomic E-state index is 5.89. The van der Waals surface area contributed by atoms with E-state index in [0.717, 1.165) is 34.8 Å². The van der Waals surface area contributed by atoms with Gasteiger partial charge in [0.25, 0.3) is 0 Å². The Hall–Kier alpha value is -1.61. The fraction of sp³-hybridized carbons (Fsp3) is 0.286. The Labute approximate surface area is 112 Å². The van der Waals surface area contributed by atoms with Crippen LogP contribution in [0.2, 0.25) is 5.02 Å². The van der Waals surface area contributed by atoms with Crippen molar-refractivity contribution in [2.24, 2.45) is 0 Å². The summed E-state index contributed by atoms with van der Waals surface area (Å²) in [6.07, 6.45) is 2.89. The molecule has 2 rings (SSSR count).